The van der Waals surface area contributed by atoms with Gasteiger partial charge in [-0.05, 0) is 12.8 Å². The molecule has 0 aromatic heterocycles. The van der Waals surface area contributed by atoms with E-state index in [1.54, 1.807) is 7.11 Å². The van der Waals surface area contributed by atoms with Crippen molar-refractivity contribution in [3.63, 3.8) is 0 Å². The van der Waals surface area contributed by atoms with Crippen LogP contribution in [0.3, 0.4) is 0 Å². The van der Waals surface area contributed by atoms with Crippen molar-refractivity contribution in [3.05, 3.63) is 0 Å². The second-order valence-electron chi connectivity index (χ2n) is 4.33. The Morgan fingerprint density at radius 1 is 1.43 bits per heavy atom. The molecule has 1 aliphatic heterocycles. The summed E-state index contributed by atoms with van der Waals surface area (Å²) in [5.74, 6) is 0.324. The Bertz CT molecular complexity index is 219. The van der Waals surface area contributed by atoms with E-state index in [0.717, 1.165) is 12.8 Å². The van der Waals surface area contributed by atoms with Gasteiger partial charge in [-0.1, -0.05) is 12.8 Å². The Balaban J connectivity index is 2.06. The maximum atomic E-state index is 11.4. The summed E-state index contributed by atoms with van der Waals surface area (Å²) in [4.78, 5) is 11.4. The average Bonchev–Trinajstić information content (AvgIpc) is 2.67. The molecular formula is C11H18O3. The molecule has 1 saturated heterocycles. The predicted molar refractivity (Wildman–Crippen MR) is 52.2 cm³/mol. The average molecular weight is 198 g/mol. The van der Waals surface area contributed by atoms with Gasteiger partial charge in [0.1, 0.15) is 5.78 Å². The van der Waals surface area contributed by atoms with E-state index in [2.05, 4.69) is 0 Å². The van der Waals surface area contributed by atoms with E-state index in [1.807, 2.05) is 0 Å². The molecule has 0 N–H and O–H groups in total. The third-order valence-electron chi connectivity index (χ3n) is 3.56. The van der Waals surface area contributed by atoms with Crippen LogP contribution in [0.25, 0.3) is 0 Å². The number of methoxy groups -OCH3 is 1. The van der Waals surface area contributed by atoms with Crippen LogP contribution in [0.4, 0.5) is 0 Å². The van der Waals surface area contributed by atoms with Gasteiger partial charge in [0, 0.05) is 20.0 Å². The number of hydrogen-bond donors (Lipinski definition) is 0. The SMILES string of the molecule is COC1(C2CC(=O)CCO2)CCCC1. The van der Waals surface area contributed by atoms with E-state index in [4.69, 9.17) is 9.47 Å². The fourth-order valence-electron chi connectivity index (χ4n) is 2.65. The first-order chi connectivity index (χ1) is 6.77. The number of carbonyl (C=O) groups is 1. The van der Waals surface area contributed by atoms with Crippen LogP contribution in [0.15, 0.2) is 0 Å². The number of ketones is 1. The van der Waals surface area contributed by atoms with Crippen molar-refractivity contribution in [2.24, 2.45) is 0 Å². The van der Waals surface area contributed by atoms with Gasteiger partial charge in [-0.2, -0.15) is 0 Å². The molecule has 80 valence electrons. The molecule has 0 aromatic carbocycles. The van der Waals surface area contributed by atoms with Crippen LogP contribution in [0, 0.1) is 0 Å². The van der Waals surface area contributed by atoms with Crippen molar-refractivity contribution in [1.29, 1.82) is 0 Å². The van der Waals surface area contributed by atoms with Gasteiger partial charge in [-0.15, -0.1) is 0 Å². The molecule has 2 rings (SSSR count). The zero-order chi connectivity index (χ0) is 10.0. The number of Topliss-reactive ketones (excluding diaryl/α,β-unsaturated/α-hetero) is 1. The fraction of sp³-hybridized carbons (Fsp3) is 0.909. The van der Waals surface area contributed by atoms with Crippen LogP contribution in [-0.2, 0) is 14.3 Å². The molecule has 2 fully saturated rings. The summed E-state index contributed by atoms with van der Waals surface area (Å²) in [5.41, 5.74) is -0.157. The highest BCUT2D eigenvalue weighted by Crippen LogP contribution is 2.39. The maximum absolute atomic E-state index is 11.4. The first-order valence-electron chi connectivity index (χ1n) is 5.45. The number of ether oxygens (including phenoxy) is 2. The summed E-state index contributed by atoms with van der Waals surface area (Å²) in [5, 5.41) is 0. The minimum Gasteiger partial charge on any atom is -0.376 e. The molecule has 0 radical (unpaired) electrons. The second kappa shape index (κ2) is 3.99. The summed E-state index contributed by atoms with van der Waals surface area (Å²) in [6.45, 7) is 0.578. The van der Waals surface area contributed by atoms with Crippen molar-refractivity contribution < 1.29 is 14.3 Å². The lowest BCUT2D eigenvalue weighted by Gasteiger charge is -2.37. The van der Waals surface area contributed by atoms with E-state index < -0.39 is 0 Å². The minimum absolute atomic E-state index is 0.0104. The summed E-state index contributed by atoms with van der Waals surface area (Å²) in [7, 11) is 1.74. The first-order valence-corrected chi connectivity index (χ1v) is 5.45. The Kier molecular flexibility index (Phi) is 2.88. The lowest BCUT2D eigenvalue weighted by Crippen LogP contribution is -2.46. The summed E-state index contributed by atoms with van der Waals surface area (Å²) >= 11 is 0. The van der Waals surface area contributed by atoms with Crippen LogP contribution >= 0.6 is 0 Å². The summed E-state index contributed by atoms with van der Waals surface area (Å²) in [6, 6.07) is 0. The third kappa shape index (κ3) is 1.71. The molecule has 0 spiro atoms. The smallest absolute Gasteiger partial charge is 0.137 e. The van der Waals surface area contributed by atoms with Crippen LogP contribution in [-0.4, -0.2) is 31.2 Å². The molecule has 14 heavy (non-hydrogen) atoms. The molecule has 0 bridgehead atoms. The Hall–Kier alpha value is -0.410. The van der Waals surface area contributed by atoms with Gasteiger partial charge in [0.05, 0.1) is 18.3 Å². The van der Waals surface area contributed by atoms with Gasteiger partial charge in [0.25, 0.3) is 0 Å². The van der Waals surface area contributed by atoms with E-state index in [-0.39, 0.29) is 11.7 Å². The molecule has 1 saturated carbocycles. The highest BCUT2D eigenvalue weighted by Gasteiger charge is 2.44. The molecule has 1 heterocycles. The van der Waals surface area contributed by atoms with Gasteiger partial charge >= 0.3 is 0 Å². The van der Waals surface area contributed by atoms with E-state index in [0.29, 0.717) is 25.2 Å². The Morgan fingerprint density at radius 2 is 2.14 bits per heavy atom. The van der Waals surface area contributed by atoms with Crippen molar-refractivity contribution in [2.75, 3.05) is 13.7 Å². The quantitative estimate of drug-likeness (QED) is 0.677. The highest BCUT2D eigenvalue weighted by molar-refractivity contribution is 5.79. The van der Waals surface area contributed by atoms with Crippen LogP contribution in [0.5, 0.6) is 0 Å². The van der Waals surface area contributed by atoms with Gasteiger partial charge in [-0.3, -0.25) is 4.79 Å². The monoisotopic (exact) mass is 198 g/mol. The topological polar surface area (TPSA) is 35.5 Å². The number of rotatable bonds is 2. The maximum Gasteiger partial charge on any atom is 0.137 e. The molecule has 3 nitrogen and oxygen atoms in total. The first kappa shape index (κ1) is 10.1. The van der Waals surface area contributed by atoms with E-state index in [1.165, 1.54) is 12.8 Å². The summed E-state index contributed by atoms with van der Waals surface area (Å²) < 4.78 is 11.3. The second-order valence-corrected chi connectivity index (χ2v) is 4.33. The van der Waals surface area contributed by atoms with Crippen LogP contribution in [0.2, 0.25) is 0 Å². The zero-order valence-electron chi connectivity index (χ0n) is 8.75. The molecule has 0 aromatic rings. The highest BCUT2D eigenvalue weighted by atomic mass is 16.5. The summed E-state index contributed by atoms with van der Waals surface area (Å²) in [6.07, 6.45) is 5.62. The Labute approximate surface area is 84.8 Å². The van der Waals surface area contributed by atoms with Gasteiger partial charge < -0.3 is 9.47 Å². The third-order valence-corrected chi connectivity index (χ3v) is 3.56. The minimum atomic E-state index is -0.157. The lowest BCUT2D eigenvalue weighted by molar-refractivity contribution is -0.156. The number of hydrogen-bond acceptors (Lipinski definition) is 3. The molecule has 1 unspecified atom stereocenters. The van der Waals surface area contributed by atoms with Gasteiger partial charge in [0.2, 0.25) is 0 Å². The number of carbonyl (C=O) groups excluding carboxylic acids is 1. The zero-order valence-corrected chi connectivity index (χ0v) is 8.75. The van der Waals surface area contributed by atoms with Gasteiger partial charge in [-0.25, -0.2) is 0 Å². The normalized spacial score (nSPS) is 32.1. The Morgan fingerprint density at radius 3 is 2.71 bits per heavy atom. The molecule has 1 aliphatic carbocycles. The largest absolute Gasteiger partial charge is 0.376 e. The molecule has 2 aliphatic rings. The predicted octanol–water partition coefficient (Wildman–Crippen LogP) is 1.69. The van der Waals surface area contributed by atoms with Crippen molar-refractivity contribution in [3.8, 4) is 0 Å². The molecule has 1 atom stereocenters. The van der Waals surface area contributed by atoms with Crippen LogP contribution in [0.1, 0.15) is 38.5 Å². The van der Waals surface area contributed by atoms with Crippen molar-refractivity contribution >= 4 is 5.78 Å². The lowest BCUT2D eigenvalue weighted by atomic mass is 9.89. The standard InChI is InChI=1S/C11H18O3/c1-13-11(5-2-3-6-11)10-8-9(12)4-7-14-10/h10H,2-8H2,1H3. The fourth-order valence-corrected chi connectivity index (χ4v) is 2.65. The molecule has 3 heteroatoms. The molecule has 0 amide bonds. The van der Waals surface area contributed by atoms with E-state index >= 15 is 0 Å². The van der Waals surface area contributed by atoms with Crippen LogP contribution < -0.4 is 0 Å². The van der Waals surface area contributed by atoms with Crippen molar-refractivity contribution in [2.45, 2.75) is 50.2 Å². The van der Waals surface area contributed by atoms with E-state index in [9.17, 15) is 4.79 Å². The van der Waals surface area contributed by atoms with Crippen molar-refractivity contribution in [1.82, 2.24) is 0 Å². The molecular weight excluding hydrogens is 180 g/mol. The van der Waals surface area contributed by atoms with Gasteiger partial charge in [0.15, 0.2) is 0 Å².